The molecule has 0 heterocycles. The van der Waals surface area contributed by atoms with Crippen LogP contribution >= 0.6 is 11.6 Å². The maximum absolute atomic E-state index is 10.0. The molecule has 112 valence electrons. The van der Waals surface area contributed by atoms with Crippen LogP contribution in [-0.4, -0.2) is 24.4 Å². The summed E-state index contributed by atoms with van der Waals surface area (Å²) in [6.45, 7) is 4.62. The number of benzene rings is 2. The van der Waals surface area contributed by atoms with Gasteiger partial charge in [-0.25, -0.2) is 0 Å². The van der Waals surface area contributed by atoms with Gasteiger partial charge in [-0.2, -0.15) is 0 Å². The minimum Gasteiger partial charge on any atom is -0.490 e. The van der Waals surface area contributed by atoms with Crippen molar-refractivity contribution in [1.29, 1.82) is 0 Å². The molecule has 1 unspecified atom stereocenters. The van der Waals surface area contributed by atoms with Crippen LogP contribution in [0.5, 0.6) is 5.75 Å². The van der Waals surface area contributed by atoms with Gasteiger partial charge in [0.1, 0.15) is 18.5 Å². The number of aliphatic hydroxyl groups is 1. The number of para-hydroxylation sites is 2. The number of aliphatic hydroxyl groups excluding tert-OH is 1. The topological polar surface area (TPSA) is 41.5 Å². The van der Waals surface area contributed by atoms with E-state index in [1.807, 2.05) is 56.3 Å². The van der Waals surface area contributed by atoms with Gasteiger partial charge in [0.25, 0.3) is 0 Å². The van der Waals surface area contributed by atoms with Gasteiger partial charge in [-0.15, -0.1) is 0 Å². The molecule has 0 aromatic heterocycles. The van der Waals surface area contributed by atoms with Crippen LogP contribution < -0.4 is 10.1 Å². The summed E-state index contributed by atoms with van der Waals surface area (Å²) in [5.74, 6) is 0.842. The Morgan fingerprint density at radius 1 is 1.10 bits per heavy atom. The lowest BCUT2D eigenvalue weighted by atomic mass is 10.1. The third-order valence-electron chi connectivity index (χ3n) is 3.23. The van der Waals surface area contributed by atoms with E-state index in [-0.39, 0.29) is 6.61 Å². The van der Waals surface area contributed by atoms with E-state index in [4.69, 9.17) is 16.3 Å². The number of hydrogen-bond acceptors (Lipinski definition) is 3. The lowest BCUT2D eigenvalue weighted by Gasteiger charge is -2.17. The highest BCUT2D eigenvalue weighted by atomic mass is 35.5. The molecule has 0 aliphatic rings. The van der Waals surface area contributed by atoms with Crippen molar-refractivity contribution in [2.75, 3.05) is 18.5 Å². The minimum absolute atomic E-state index is 0.239. The van der Waals surface area contributed by atoms with Crippen molar-refractivity contribution in [1.82, 2.24) is 0 Å². The van der Waals surface area contributed by atoms with Crippen molar-refractivity contribution in [3.63, 3.8) is 0 Å². The number of nitrogens with one attached hydrogen (secondary N) is 1. The van der Waals surface area contributed by atoms with Crippen LogP contribution in [0.25, 0.3) is 0 Å². The van der Waals surface area contributed by atoms with Gasteiger partial charge in [0, 0.05) is 6.54 Å². The first-order chi connectivity index (χ1) is 10.1. The largest absolute Gasteiger partial charge is 0.490 e. The maximum atomic E-state index is 10.0. The van der Waals surface area contributed by atoms with Crippen molar-refractivity contribution in [3.8, 4) is 5.75 Å². The van der Waals surface area contributed by atoms with Crippen molar-refractivity contribution < 1.29 is 9.84 Å². The van der Waals surface area contributed by atoms with Crippen LogP contribution in [0.15, 0.2) is 42.5 Å². The zero-order valence-electron chi connectivity index (χ0n) is 12.3. The third-order valence-corrected chi connectivity index (χ3v) is 3.56. The Bertz CT molecular complexity index is 581. The summed E-state index contributed by atoms with van der Waals surface area (Å²) in [5, 5.41) is 13.8. The number of aryl methyl sites for hydroxylation is 2. The molecule has 0 aliphatic heterocycles. The Morgan fingerprint density at radius 3 is 2.43 bits per heavy atom. The standard InChI is InChI=1S/C17H20ClNO2/c1-12-6-5-7-13(2)17(12)21-11-14(20)10-19-16-9-4-3-8-15(16)18/h3-9,14,19-20H,10-11H2,1-2H3. The Labute approximate surface area is 130 Å². The van der Waals surface area contributed by atoms with Crippen LogP contribution in [0.4, 0.5) is 5.69 Å². The van der Waals surface area contributed by atoms with E-state index in [0.717, 1.165) is 22.6 Å². The minimum atomic E-state index is -0.611. The van der Waals surface area contributed by atoms with Gasteiger partial charge in [0.05, 0.1) is 10.7 Å². The molecule has 0 saturated heterocycles. The van der Waals surface area contributed by atoms with Crippen molar-refractivity contribution >= 4 is 17.3 Å². The Kier molecular flexibility index (Phi) is 5.48. The van der Waals surface area contributed by atoms with E-state index in [0.29, 0.717) is 11.6 Å². The lowest BCUT2D eigenvalue weighted by molar-refractivity contribution is 0.117. The highest BCUT2D eigenvalue weighted by molar-refractivity contribution is 6.33. The number of rotatable bonds is 6. The molecule has 21 heavy (non-hydrogen) atoms. The number of anilines is 1. The molecule has 2 N–H and O–H groups in total. The molecule has 0 bridgehead atoms. The van der Waals surface area contributed by atoms with Gasteiger partial charge >= 0.3 is 0 Å². The molecule has 0 amide bonds. The first-order valence-corrected chi connectivity index (χ1v) is 7.31. The van der Waals surface area contributed by atoms with Gasteiger partial charge in [-0.1, -0.05) is 41.9 Å². The molecule has 1 atom stereocenters. The van der Waals surface area contributed by atoms with E-state index in [2.05, 4.69) is 5.32 Å². The number of halogens is 1. The summed E-state index contributed by atoms with van der Waals surface area (Å²) in [5.41, 5.74) is 2.95. The number of ether oxygens (including phenoxy) is 1. The summed E-state index contributed by atoms with van der Waals surface area (Å²) in [6.07, 6.45) is -0.611. The molecule has 0 spiro atoms. The average molecular weight is 306 g/mol. The predicted molar refractivity (Wildman–Crippen MR) is 87.4 cm³/mol. The third kappa shape index (κ3) is 4.38. The second-order valence-electron chi connectivity index (χ2n) is 5.05. The predicted octanol–water partition coefficient (Wildman–Crippen LogP) is 3.81. The van der Waals surface area contributed by atoms with Crippen molar-refractivity contribution in [3.05, 3.63) is 58.6 Å². The van der Waals surface area contributed by atoms with Gasteiger partial charge in [0.2, 0.25) is 0 Å². The smallest absolute Gasteiger partial charge is 0.125 e. The molecular formula is C17H20ClNO2. The van der Waals surface area contributed by atoms with Crippen molar-refractivity contribution in [2.24, 2.45) is 0 Å². The van der Waals surface area contributed by atoms with Gasteiger partial charge in [0.15, 0.2) is 0 Å². The lowest BCUT2D eigenvalue weighted by Crippen LogP contribution is -2.26. The Balaban J connectivity index is 1.85. The summed E-state index contributed by atoms with van der Waals surface area (Å²) >= 11 is 6.05. The summed E-state index contributed by atoms with van der Waals surface area (Å²) < 4.78 is 5.73. The normalized spacial score (nSPS) is 12.0. The zero-order valence-corrected chi connectivity index (χ0v) is 13.0. The molecular weight excluding hydrogens is 286 g/mol. The van der Waals surface area contributed by atoms with E-state index in [1.165, 1.54) is 0 Å². The molecule has 0 saturated carbocycles. The fourth-order valence-corrected chi connectivity index (χ4v) is 2.30. The first kappa shape index (κ1) is 15.7. The molecule has 3 nitrogen and oxygen atoms in total. The molecule has 0 aliphatic carbocycles. The SMILES string of the molecule is Cc1cccc(C)c1OCC(O)CNc1ccccc1Cl. The average Bonchev–Trinajstić information content (AvgIpc) is 2.46. The molecule has 0 radical (unpaired) electrons. The van der Waals surface area contributed by atoms with Crippen LogP contribution in [0, 0.1) is 13.8 Å². The molecule has 4 heteroatoms. The molecule has 2 aromatic rings. The fraction of sp³-hybridized carbons (Fsp3) is 0.294. The van der Waals surface area contributed by atoms with Crippen molar-refractivity contribution in [2.45, 2.75) is 20.0 Å². The van der Waals surface area contributed by atoms with E-state index in [1.54, 1.807) is 0 Å². The van der Waals surface area contributed by atoms with Crippen LogP contribution in [0.2, 0.25) is 5.02 Å². The van der Waals surface area contributed by atoms with Crippen LogP contribution in [0.3, 0.4) is 0 Å². The number of hydrogen-bond donors (Lipinski definition) is 2. The second kappa shape index (κ2) is 7.34. The van der Waals surface area contributed by atoms with Gasteiger partial charge in [-0.05, 0) is 37.1 Å². The Morgan fingerprint density at radius 2 is 1.76 bits per heavy atom. The molecule has 2 aromatic carbocycles. The quantitative estimate of drug-likeness (QED) is 0.853. The summed E-state index contributed by atoms with van der Waals surface area (Å²) in [6, 6.07) is 13.4. The summed E-state index contributed by atoms with van der Waals surface area (Å²) in [7, 11) is 0. The fourth-order valence-electron chi connectivity index (χ4n) is 2.10. The van der Waals surface area contributed by atoms with E-state index in [9.17, 15) is 5.11 Å². The van der Waals surface area contributed by atoms with E-state index < -0.39 is 6.10 Å². The monoisotopic (exact) mass is 305 g/mol. The second-order valence-corrected chi connectivity index (χ2v) is 5.45. The van der Waals surface area contributed by atoms with Crippen LogP contribution in [-0.2, 0) is 0 Å². The van der Waals surface area contributed by atoms with Crippen LogP contribution in [0.1, 0.15) is 11.1 Å². The summed E-state index contributed by atoms with van der Waals surface area (Å²) in [4.78, 5) is 0. The zero-order chi connectivity index (χ0) is 15.2. The molecule has 0 fully saturated rings. The van der Waals surface area contributed by atoms with Gasteiger partial charge < -0.3 is 15.2 Å². The Hall–Kier alpha value is -1.71. The highest BCUT2D eigenvalue weighted by Crippen LogP contribution is 2.23. The first-order valence-electron chi connectivity index (χ1n) is 6.93. The van der Waals surface area contributed by atoms with E-state index >= 15 is 0 Å². The molecule has 2 rings (SSSR count). The highest BCUT2D eigenvalue weighted by Gasteiger charge is 2.09. The van der Waals surface area contributed by atoms with Gasteiger partial charge in [-0.3, -0.25) is 0 Å². The maximum Gasteiger partial charge on any atom is 0.125 e.